The first-order valence-corrected chi connectivity index (χ1v) is 22.0. The molecular weight excluding hydrogens is 828 g/mol. The van der Waals surface area contributed by atoms with Gasteiger partial charge >= 0.3 is 0 Å². The molecule has 1 saturated heterocycles. The van der Waals surface area contributed by atoms with E-state index in [1.54, 1.807) is 32.1 Å². The number of nitrogens with zero attached hydrogens (tertiary/aromatic N) is 1. The number of nitrogens with one attached hydrogen (secondary N) is 1. The molecule has 19 nitrogen and oxygen atoms in total. The lowest BCUT2D eigenvalue weighted by atomic mass is 9.91. The van der Waals surface area contributed by atoms with Gasteiger partial charge in [-0.1, -0.05) is 50.3 Å². The van der Waals surface area contributed by atoms with Gasteiger partial charge in [-0.25, -0.2) is 0 Å². The second kappa shape index (κ2) is 29.7. The van der Waals surface area contributed by atoms with Crippen LogP contribution in [0.4, 0.5) is 5.69 Å². The number of nitro groups is 1. The fraction of sp³-hybridized carbons (Fsp3) is 0.750. The molecule has 63 heavy (non-hydrogen) atoms. The highest BCUT2D eigenvalue weighted by molar-refractivity contribution is 5.81. The molecule has 16 atom stereocenters. The summed E-state index contributed by atoms with van der Waals surface area (Å²) >= 11 is 0. The largest absolute Gasteiger partial charge is 0.393 e. The molecule has 0 aliphatic carbocycles. The van der Waals surface area contributed by atoms with Gasteiger partial charge in [-0.2, -0.15) is 0 Å². The Bertz CT molecular complexity index is 1490. The average molecular weight is 903 g/mol. The van der Waals surface area contributed by atoms with E-state index in [2.05, 4.69) is 5.32 Å². The Hall–Kier alpha value is -2.83. The Morgan fingerprint density at radius 1 is 0.762 bits per heavy atom. The van der Waals surface area contributed by atoms with E-state index in [4.69, 9.17) is 9.47 Å². The van der Waals surface area contributed by atoms with Crippen LogP contribution in [-0.2, 0) is 20.8 Å². The fourth-order valence-corrected chi connectivity index (χ4v) is 7.36. The van der Waals surface area contributed by atoms with Crippen molar-refractivity contribution in [2.45, 2.75) is 196 Å². The van der Waals surface area contributed by atoms with Crippen LogP contribution in [0.25, 0.3) is 0 Å². The topological polar surface area (TPSA) is 333 Å². The van der Waals surface area contributed by atoms with E-state index in [1.807, 2.05) is 0 Å². The molecule has 19 heteroatoms. The van der Waals surface area contributed by atoms with Crippen LogP contribution in [0, 0.1) is 16.0 Å². The van der Waals surface area contributed by atoms with Crippen molar-refractivity contribution in [1.29, 1.82) is 0 Å². The van der Waals surface area contributed by atoms with E-state index in [9.17, 15) is 76.2 Å². The number of nitro benzene ring substituents is 1. The van der Waals surface area contributed by atoms with Crippen LogP contribution >= 0.6 is 0 Å². The van der Waals surface area contributed by atoms with Gasteiger partial charge in [0.05, 0.1) is 72.1 Å². The number of ether oxygens (including phenoxy) is 2. The summed E-state index contributed by atoms with van der Waals surface area (Å²) in [6.07, 6.45) is -10.1. The molecule has 0 spiro atoms. The molecule has 1 aliphatic heterocycles. The fourth-order valence-electron chi connectivity index (χ4n) is 7.36. The molecule has 0 aromatic heterocycles. The monoisotopic (exact) mass is 902 g/mol. The lowest BCUT2D eigenvalue weighted by Crippen LogP contribution is -2.58. The number of ketones is 1. The minimum Gasteiger partial charge on any atom is -0.393 e. The third-order valence-electron chi connectivity index (χ3n) is 11.1. The SMILES string of the molecule is CCC(OC1OC(C)C(O)C(O)C1O)C(C)C(=O)CC(O)CC(O)CC(O)/C=C/CC(O)CC(O)CC(O)CC(O)/C=C/CC(O)CC(O)CCCNCc1ccc([N+](=O)[O-])cc1. The maximum absolute atomic E-state index is 12.9. The lowest BCUT2D eigenvalue weighted by molar-refractivity contribution is -0.384. The van der Waals surface area contributed by atoms with E-state index in [-0.39, 0.29) is 69.3 Å². The second-order valence-electron chi connectivity index (χ2n) is 16.9. The van der Waals surface area contributed by atoms with Crippen molar-refractivity contribution >= 4 is 11.5 Å². The van der Waals surface area contributed by atoms with Crippen LogP contribution in [0.2, 0.25) is 0 Å². The zero-order chi connectivity index (χ0) is 47.2. The number of Topliss-reactive ketones (excluding diaryl/α,β-unsaturated/α-hetero) is 1. The van der Waals surface area contributed by atoms with Gasteiger partial charge in [-0.3, -0.25) is 14.9 Å². The first-order valence-electron chi connectivity index (χ1n) is 22.0. The highest BCUT2D eigenvalue weighted by atomic mass is 16.7. The third kappa shape index (κ3) is 22.3. The van der Waals surface area contributed by atoms with Crippen LogP contribution < -0.4 is 5.32 Å². The standard InChI is InChI=1S/C44H74N2O17/c1-4-40(63-44-43(59)42(58)41(57)27(3)62-44)26(2)39(56)24-38(55)23-37(54)21-33(50)11-6-10-32(49)20-36(53)22-35(52)19-31(48)9-5-8-30(47)18-34(51)12-7-17-45-25-28-13-15-29(16-14-28)46(60)61/h5-6,9,11,13-16,26-27,30-38,40-45,47-55,57-59H,4,7-8,10,12,17-25H2,1-3H3/b9-5+,11-6+. The van der Waals surface area contributed by atoms with E-state index in [0.29, 0.717) is 32.4 Å². The van der Waals surface area contributed by atoms with Gasteiger partial charge in [0.15, 0.2) is 6.29 Å². The molecular formula is C44H74N2O17. The summed E-state index contributed by atoms with van der Waals surface area (Å²) in [7, 11) is 0. The maximum Gasteiger partial charge on any atom is 0.269 e. The van der Waals surface area contributed by atoms with Crippen molar-refractivity contribution in [2.24, 2.45) is 5.92 Å². The Morgan fingerprint density at radius 2 is 1.27 bits per heavy atom. The van der Waals surface area contributed by atoms with Crippen molar-refractivity contribution in [2.75, 3.05) is 6.54 Å². The smallest absolute Gasteiger partial charge is 0.269 e. The molecule has 13 N–H and O–H groups in total. The molecule has 1 aliphatic rings. The first-order chi connectivity index (χ1) is 29.7. The summed E-state index contributed by atoms with van der Waals surface area (Å²) in [6, 6.07) is 6.23. The summed E-state index contributed by atoms with van der Waals surface area (Å²) in [4.78, 5) is 23.2. The molecule has 2 rings (SSSR count). The molecule has 16 unspecified atom stereocenters. The Labute approximate surface area is 369 Å². The molecule has 1 aromatic carbocycles. The number of rotatable bonds is 32. The van der Waals surface area contributed by atoms with Crippen LogP contribution in [0.5, 0.6) is 0 Å². The summed E-state index contributed by atoms with van der Waals surface area (Å²) in [5, 5.41) is 137. The van der Waals surface area contributed by atoms with Crippen molar-refractivity contribution in [3.63, 3.8) is 0 Å². The predicted octanol–water partition coefficient (Wildman–Crippen LogP) is 0.164. The number of non-ortho nitro benzene ring substituents is 1. The molecule has 0 saturated carbocycles. The minimum absolute atomic E-state index is 0.0230. The highest BCUT2D eigenvalue weighted by Gasteiger charge is 2.44. The number of carbonyl (C=O) groups excluding carboxylic acids is 1. The summed E-state index contributed by atoms with van der Waals surface area (Å²) in [6.45, 7) is 5.98. The quantitative estimate of drug-likeness (QED) is 0.0198. The summed E-state index contributed by atoms with van der Waals surface area (Å²) in [5.74, 6) is -1.12. The zero-order valence-electron chi connectivity index (χ0n) is 36.6. The van der Waals surface area contributed by atoms with Gasteiger partial charge in [0, 0.05) is 43.9 Å². The number of aliphatic hydroxyl groups is 12. The number of benzene rings is 1. The van der Waals surface area contributed by atoms with Crippen LogP contribution in [-0.4, -0.2) is 170 Å². The molecule has 0 amide bonds. The molecule has 0 radical (unpaired) electrons. The van der Waals surface area contributed by atoms with E-state index < -0.39 is 103 Å². The van der Waals surface area contributed by atoms with E-state index >= 15 is 0 Å². The van der Waals surface area contributed by atoms with Gasteiger partial charge in [-0.05, 0) is 76.8 Å². The molecule has 1 heterocycles. The van der Waals surface area contributed by atoms with Crippen LogP contribution in [0.15, 0.2) is 48.6 Å². The van der Waals surface area contributed by atoms with Gasteiger partial charge in [0.2, 0.25) is 0 Å². The van der Waals surface area contributed by atoms with Crippen LogP contribution in [0.1, 0.15) is 103 Å². The summed E-state index contributed by atoms with van der Waals surface area (Å²) in [5.41, 5.74) is 0.917. The number of hydrogen-bond donors (Lipinski definition) is 13. The first kappa shape index (κ1) is 56.3. The minimum atomic E-state index is -1.54. The second-order valence-corrected chi connectivity index (χ2v) is 16.9. The van der Waals surface area contributed by atoms with Gasteiger partial charge in [0.1, 0.15) is 24.1 Å². The number of carbonyl (C=O) groups is 1. The zero-order valence-corrected chi connectivity index (χ0v) is 36.6. The molecule has 1 fully saturated rings. The Balaban J connectivity index is 1.60. The van der Waals surface area contributed by atoms with Crippen molar-refractivity contribution in [1.82, 2.24) is 5.32 Å². The third-order valence-corrected chi connectivity index (χ3v) is 11.1. The molecule has 0 bridgehead atoms. The van der Waals surface area contributed by atoms with Gasteiger partial charge < -0.3 is 76.1 Å². The van der Waals surface area contributed by atoms with Crippen molar-refractivity contribution in [3.05, 3.63) is 64.2 Å². The predicted molar refractivity (Wildman–Crippen MR) is 230 cm³/mol. The van der Waals surface area contributed by atoms with Gasteiger partial charge in [-0.15, -0.1) is 0 Å². The normalized spacial score (nSPS) is 24.9. The van der Waals surface area contributed by atoms with E-state index in [1.165, 1.54) is 37.3 Å². The van der Waals surface area contributed by atoms with Crippen molar-refractivity contribution < 1.29 is 80.5 Å². The Kier molecular flexibility index (Phi) is 26.5. The molecule has 362 valence electrons. The van der Waals surface area contributed by atoms with Gasteiger partial charge in [0.25, 0.3) is 5.69 Å². The number of aliphatic hydroxyl groups excluding tert-OH is 12. The van der Waals surface area contributed by atoms with Crippen LogP contribution in [0.3, 0.4) is 0 Å². The summed E-state index contributed by atoms with van der Waals surface area (Å²) < 4.78 is 11.3. The number of hydrogen-bond acceptors (Lipinski definition) is 18. The lowest BCUT2D eigenvalue weighted by Gasteiger charge is -2.40. The Morgan fingerprint density at radius 3 is 1.81 bits per heavy atom. The molecule has 1 aromatic rings. The van der Waals surface area contributed by atoms with Crippen molar-refractivity contribution in [3.8, 4) is 0 Å². The highest BCUT2D eigenvalue weighted by Crippen LogP contribution is 2.26. The maximum atomic E-state index is 12.9. The van der Waals surface area contributed by atoms with E-state index in [0.717, 1.165) is 5.56 Å². The average Bonchev–Trinajstić information content (AvgIpc) is 3.20.